The van der Waals surface area contributed by atoms with Crippen molar-refractivity contribution in [3.8, 4) is 0 Å². The van der Waals surface area contributed by atoms with Crippen molar-refractivity contribution in [1.82, 2.24) is 20.9 Å². The Balaban J connectivity index is 0.00000341. The van der Waals surface area contributed by atoms with Crippen LogP contribution < -0.4 is 16.0 Å². The fourth-order valence-electron chi connectivity index (χ4n) is 4.39. The molecule has 3 N–H and O–H groups in total. The number of piperidine rings is 1. The second-order valence-electron chi connectivity index (χ2n) is 8.66. The Morgan fingerprint density at radius 1 is 0.968 bits per heavy atom. The van der Waals surface area contributed by atoms with Crippen molar-refractivity contribution >= 4 is 35.8 Å². The first-order valence-electron chi connectivity index (χ1n) is 11.8. The lowest BCUT2D eigenvalue weighted by atomic mass is 9.95. The Labute approximate surface area is 205 Å². The maximum Gasteiger partial charge on any atom is 0.221 e. The zero-order valence-corrected chi connectivity index (χ0v) is 21.3. The average molecular weight is 542 g/mol. The molecule has 7 heteroatoms. The predicted octanol–water partition coefficient (Wildman–Crippen LogP) is 3.79. The molecule has 1 aromatic rings. The third kappa shape index (κ3) is 9.76. The van der Waals surface area contributed by atoms with E-state index in [-0.39, 0.29) is 29.9 Å². The Kier molecular flexibility index (Phi) is 12.3. The van der Waals surface area contributed by atoms with Gasteiger partial charge in [0.05, 0.1) is 0 Å². The van der Waals surface area contributed by atoms with Crippen LogP contribution in [0.5, 0.6) is 0 Å². The standard InChI is InChI=1S/C24H39N5O.HI/c1-25-24(26-15-14-23(30)28-22-8-4-2-5-9-22)27-18-20-10-12-21(13-11-20)19-29-16-6-3-7-17-29;/h10-13,22H,2-9,14-19H2,1H3,(H,28,30)(H2,25,26,27);1H. The maximum atomic E-state index is 12.1. The Morgan fingerprint density at radius 3 is 2.29 bits per heavy atom. The van der Waals surface area contributed by atoms with Crippen LogP contribution in [0.3, 0.4) is 0 Å². The number of carbonyl (C=O) groups is 1. The largest absolute Gasteiger partial charge is 0.356 e. The molecule has 1 aliphatic carbocycles. The number of aliphatic imine (C=N–C) groups is 1. The number of hydrogen-bond acceptors (Lipinski definition) is 3. The van der Waals surface area contributed by atoms with Gasteiger partial charge in [0, 0.05) is 39.1 Å². The third-order valence-electron chi connectivity index (χ3n) is 6.18. The summed E-state index contributed by atoms with van der Waals surface area (Å²) >= 11 is 0. The number of amides is 1. The summed E-state index contributed by atoms with van der Waals surface area (Å²) in [5, 5.41) is 9.74. The molecule has 1 aromatic carbocycles. The van der Waals surface area contributed by atoms with Crippen LogP contribution in [0, 0.1) is 0 Å². The molecule has 6 nitrogen and oxygen atoms in total. The third-order valence-corrected chi connectivity index (χ3v) is 6.18. The van der Waals surface area contributed by atoms with Crippen LogP contribution in [0.25, 0.3) is 0 Å². The van der Waals surface area contributed by atoms with Gasteiger partial charge in [-0.3, -0.25) is 14.7 Å². The molecule has 0 spiro atoms. The minimum atomic E-state index is 0. The Bertz CT molecular complexity index is 667. The minimum Gasteiger partial charge on any atom is -0.356 e. The first-order chi connectivity index (χ1) is 14.7. The second-order valence-corrected chi connectivity index (χ2v) is 8.66. The van der Waals surface area contributed by atoms with Gasteiger partial charge in [0.1, 0.15) is 0 Å². The molecule has 0 atom stereocenters. The number of carbonyl (C=O) groups excluding carboxylic acids is 1. The zero-order valence-electron chi connectivity index (χ0n) is 19.0. The Hall–Kier alpha value is -1.35. The number of hydrogen-bond donors (Lipinski definition) is 3. The molecule has 0 aromatic heterocycles. The summed E-state index contributed by atoms with van der Waals surface area (Å²) < 4.78 is 0. The number of guanidine groups is 1. The summed E-state index contributed by atoms with van der Waals surface area (Å²) in [5.41, 5.74) is 2.61. The van der Waals surface area contributed by atoms with Gasteiger partial charge in [0.25, 0.3) is 0 Å². The zero-order chi connectivity index (χ0) is 21.0. The van der Waals surface area contributed by atoms with Crippen LogP contribution in [0.4, 0.5) is 0 Å². The van der Waals surface area contributed by atoms with Gasteiger partial charge in [-0.1, -0.05) is 49.9 Å². The van der Waals surface area contributed by atoms with E-state index in [1.54, 1.807) is 7.05 Å². The lowest BCUT2D eigenvalue weighted by molar-refractivity contribution is -0.121. The van der Waals surface area contributed by atoms with Crippen LogP contribution in [0.1, 0.15) is 68.9 Å². The fourth-order valence-corrected chi connectivity index (χ4v) is 4.39. The normalized spacial score (nSPS) is 18.2. The van der Waals surface area contributed by atoms with Crippen molar-refractivity contribution in [2.45, 2.75) is 76.9 Å². The lowest BCUT2D eigenvalue weighted by Gasteiger charge is -2.26. The van der Waals surface area contributed by atoms with E-state index < -0.39 is 0 Å². The maximum absolute atomic E-state index is 12.1. The highest BCUT2D eigenvalue weighted by Gasteiger charge is 2.15. The molecule has 1 saturated heterocycles. The van der Waals surface area contributed by atoms with Gasteiger partial charge >= 0.3 is 0 Å². The smallest absolute Gasteiger partial charge is 0.221 e. The molecule has 1 aliphatic heterocycles. The first-order valence-corrected chi connectivity index (χ1v) is 11.8. The highest BCUT2D eigenvalue weighted by Crippen LogP contribution is 2.17. The van der Waals surface area contributed by atoms with Crippen molar-refractivity contribution in [3.63, 3.8) is 0 Å². The van der Waals surface area contributed by atoms with Gasteiger partial charge in [-0.15, -0.1) is 24.0 Å². The van der Waals surface area contributed by atoms with Gasteiger partial charge in [-0.05, 0) is 49.9 Å². The van der Waals surface area contributed by atoms with Crippen LogP contribution in [-0.4, -0.2) is 49.5 Å². The Morgan fingerprint density at radius 2 is 1.61 bits per heavy atom. The summed E-state index contributed by atoms with van der Waals surface area (Å²) in [6, 6.07) is 9.23. The van der Waals surface area contributed by atoms with Crippen LogP contribution in [0.15, 0.2) is 29.3 Å². The fraction of sp³-hybridized carbons (Fsp3) is 0.667. The van der Waals surface area contributed by atoms with E-state index >= 15 is 0 Å². The molecule has 31 heavy (non-hydrogen) atoms. The van der Waals surface area contributed by atoms with E-state index in [4.69, 9.17) is 0 Å². The molecule has 1 amide bonds. The minimum absolute atomic E-state index is 0. The number of likely N-dealkylation sites (tertiary alicyclic amines) is 1. The highest BCUT2D eigenvalue weighted by molar-refractivity contribution is 14.0. The van der Waals surface area contributed by atoms with Gasteiger partial charge in [0.15, 0.2) is 5.96 Å². The molecule has 0 radical (unpaired) electrons. The monoisotopic (exact) mass is 541 g/mol. The van der Waals surface area contributed by atoms with Crippen molar-refractivity contribution in [3.05, 3.63) is 35.4 Å². The average Bonchev–Trinajstić information content (AvgIpc) is 2.78. The van der Waals surface area contributed by atoms with Crippen molar-refractivity contribution in [2.24, 2.45) is 4.99 Å². The number of rotatable bonds is 8. The van der Waals surface area contributed by atoms with E-state index in [0.29, 0.717) is 19.0 Å². The van der Waals surface area contributed by atoms with Gasteiger partial charge in [-0.25, -0.2) is 0 Å². The summed E-state index contributed by atoms with van der Waals surface area (Å²) in [6.07, 6.45) is 10.5. The summed E-state index contributed by atoms with van der Waals surface area (Å²) in [7, 11) is 1.76. The molecule has 2 aliphatic rings. The quantitative estimate of drug-likeness (QED) is 0.266. The number of halogens is 1. The van der Waals surface area contributed by atoms with E-state index in [0.717, 1.165) is 31.9 Å². The lowest BCUT2D eigenvalue weighted by Crippen LogP contribution is -2.41. The topological polar surface area (TPSA) is 68.8 Å². The first kappa shape index (κ1) is 25.9. The van der Waals surface area contributed by atoms with Crippen molar-refractivity contribution in [1.29, 1.82) is 0 Å². The van der Waals surface area contributed by atoms with Gasteiger partial charge in [0.2, 0.25) is 5.91 Å². The van der Waals surface area contributed by atoms with Crippen molar-refractivity contribution < 1.29 is 4.79 Å². The molecule has 2 fully saturated rings. The SMILES string of the molecule is CN=C(NCCC(=O)NC1CCCCC1)NCc1ccc(CN2CCCCC2)cc1.I. The number of nitrogens with one attached hydrogen (secondary N) is 3. The summed E-state index contributed by atoms with van der Waals surface area (Å²) in [4.78, 5) is 18.9. The van der Waals surface area contributed by atoms with Gasteiger partial charge in [-0.2, -0.15) is 0 Å². The molecule has 3 rings (SSSR count). The van der Waals surface area contributed by atoms with E-state index in [2.05, 4.69) is 50.1 Å². The molecule has 1 heterocycles. The van der Waals surface area contributed by atoms with Gasteiger partial charge < -0.3 is 16.0 Å². The summed E-state index contributed by atoms with van der Waals surface area (Å²) in [6.45, 7) is 4.82. The number of benzene rings is 1. The van der Waals surface area contributed by atoms with Crippen LogP contribution in [0.2, 0.25) is 0 Å². The molecule has 174 valence electrons. The molecular weight excluding hydrogens is 501 g/mol. The van der Waals surface area contributed by atoms with E-state index in [9.17, 15) is 4.79 Å². The van der Waals surface area contributed by atoms with Crippen LogP contribution >= 0.6 is 24.0 Å². The molecule has 0 unspecified atom stereocenters. The molecule has 1 saturated carbocycles. The highest BCUT2D eigenvalue weighted by atomic mass is 127. The molecule has 0 bridgehead atoms. The molecular formula is C24H40IN5O. The summed E-state index contributed by atoms with van der Waals surface area (Å²) in [5.74, 6) is 0.868. The van der Waals surface area contributed by atoms with Crippen molar-refractivity contribution in [2.75, 3.05) is 26.7 Å². The number of nitrogens with zero attached hydrogens (tertiary/aromatic N) is 2. The van der Waals surface area contributed by atoms with E-state index in [1.165, 1.54) is 62.7 Å². The predicted molar refractivity (Wildman–Crippen MR) is 139 cm³/mol. The second kappa shape index (κ2) is 14.7. The van der Waals surface area contributed by atoms with E-state index in [1.807, 2.05) is 0 Å². The van der Waals surface area contributed by atoms with Crippen LogP contribution in [-0.2, 0) is 17.9 Å².